The SMILES string of the molecule is CCc1cccc(CC)c1NC(=O)CSc1nnc(-c2cccnc2)n1N. The van der Waals surface area contributed by atoms with Crippen molar-refractivity contribution in [3.63, 3.8) is 0 Å². The summed E-state index contributed by atoms with van der Waals surface area (Å²) in [5.41, 5.74) is 3.95. The molecule has 0 saturated heterocycles. The van der Waals surface area contributed by atoms with Crippen LogP contribution in [0.15, 0.2) is 47.9 Å². The molecule has 8 heteroatoms. The number of rotatable bonds is 7. The lowest BCUT2D eigenvalue weighted by Crippen LogP contribution is -2.18. The Hall–Kier alpha value is -2.87. The number of aromatic nitrogens is 4. The van der Waals surface area contributed by atoms with Crippen LogP contribution >= 0.6 is 11.8 Å². The molecule has 0 aliphatic carbocycles. The largest absolute Gasteiger partial charge is 0.335 e. The number of pyridine rings is 1. The van der Waals surface area contributed by atoms with E-state index in [2.05, 4.69) is 34.3 Å². The second kappa shape index (κ2) is 8.68. The normalized spacial score (nSPS) is 10.7. The van der Waals surface area contributed by atoms with Gasteiger partial charge >= 0.3 is 0 Å². The van der Waals surface area contributed by atoms with E-state index >= 15 is 0 Å². The Labute approximate surface area is 162 Å². The Bertz CT molecular complexity index is 903. The van der Waals surface area contributed by atoms with Crippen LogP contribution in [-0.4, -0.2) is 31.5 Å². The first kappa shape index (κ1) is 18.9. The van der Waals surface area contributed by atoms with Crippen molar-refractivity contribution < 1.29 is 4.79 Å². The van der Waals surface area contributed by atoms with Crippen LogP contribution in [0.3, 0.4) is 0 Å². The molecule has 1 aromatic carbocycles. The molecule has 3 aromatic rings. The molecule has 3 rings (SSSR count). The zero-order chi connectivity index (χ0) is 19.2. The standard InChI is InChI=1S/C19H22N6OS/c1-3-13-7-5-8-14(4-2)17(13)22-16(26)12-27-19-24-23-18(25(19)20)15-9-6-10-21-11-15/h5-11H,3-4,12,20H2,1-2H3,(H,22,26). The molecular formula is C19H22N6OS. The summed E-state index contributed by atoms with van der Waals surface area (Å²) < 4.78 is 1.38. The Balaban J connectivity index is 1.68. The summed E-state index contributed by atoms with van der Waals surface area (Å²) in [6, 6.07) is 9.77. The minimum atomic E-state index is -0.0958. The number of nitrogens with one attached hydrogen (secondary N) is 1. The molecule has 0 atom stereocenters. The number of carbonyl (C=O) groups excluding carboxylic acids is 1. The molecular weight excluding hydrogens is 360 g/mol. The number of nitrogen functional groups attached to an aromatic ring is 1. The van der Waals surface area contributed by atoms with Gasteiger partial charge in [-0.05, 0) is 36.1 Å². The molecule has 27 heavy (non-hydrogen) atoms. The molecule has 0 spiro atoms. The summed E-state index contributed by atoms with van der Waals surface area (Å²) in [4.78, 5) is 16.5. The third-order valence-electron chi connectivity index (χ3n) is 4.18. The van der Waals surface area contributed by atoms with Crippen LogP contribution in [0.2, 0.25) is 0 Å². The summed E-state index contributed by atoms with van der Waals surface area (Å²) in [6.07, 6.45) is 5.08. The first-order valence-corrected chi connectivity index (χ1v) is 9.76. The molecule has 0 aliphatic rings. The summed E-state index contributed by atoms with van der Waals surface area (Å²) in [5, 5.41) is 11.7. The number of amides is 1. The van der Waals surface area contributed by atoms with Gasteiger partial charge < -0.3 is 11.2 Å². The van der Waals surface area contributed by atoms with Crippen LogP contribution in [0.1, 0.15) is 25.0 Å². The van der Waals surface area contributed by atoms with Crippen LogP contribution < -0.4 is 11.2 Å². The molecule has 2 aromatic heterocycles. The number of nitrogens with zero attached hydrogens (tertiary/aromatic N) is 4. The summed E-state index contributed by atoms with van der Waals surface area (Å²) >= 11 is 1.25. The van der Waals surface area contributed by atoms with E-state index in [-0.39, 0.29) is 11.7 Å². The molecule has 2 heterocycles. The van der Waals surface area contributed by atoms with E-state index in [9.17, 15) is 4.79 Å². The van der Waals surface area contributed by atoms with E-state index in [1.54, 1.807) is 18.5 Å². The quantitative estimate of drug-likeness (QED) is 0.481. The fourth-order valence-corrected chi connectivity index (χ4v) is 3.43. The van der Waals surface area contributed by atoms with Gasteiger partial charge in [0.15, 0.2) is 5.82 Å². The van der Waals surface area contributed by atoms with Gasteiger partial charge in [-0.2, -0.15) is 0 Å². The third kappa shape index (κ3) is 4.28. The zero-order valence-corrected chi connectivity index (χ0v) is 16.2. The second-order valence-electron chi connectivity index (χ2n) is 5.91. The minimum Gasteiger partial charge on any atom is -0.335 e. The highest BCUT2D eigenvalue weighted by atomic mass is 32.2. The van der Waals surface area contributed by atoms with Crippen molar-refractivity contribution >= 4 is 23.4 Å². The highest BCUT2D eigenvalue weighted by Crippen LogP contribution is 2.24. The second-order valence-corrected chi connectivity index (χ2v) is 6.86. The predicted octanol–water partition coefficient (Wildman–Crippen LogP) is 2.91. The minimum absolute atomic E-state index is 0.0958. The molecule has 0 bridgehead atoms. The number of thioether (sulfide) groups is 1. The Morgan fingerprint density at radius 2 is 1.89 bits per heavy atom. The van der Waals surface area contributed by atoms with Crippen molar-refractivity contribution in [3.8, 4) is 11.4 Å². The zero-order valence-electron chi connectivity index (χ0n) is 15.3. The van der Waals surface area contributed by atoms with E-state index in [0.717, 1.165) is 35.2 Å². The lowest BCUT2D eigenvalue weighted by atomic mass is 10.0. The maximum absolute atomic E-state index is 12.5. The van der Waals surface area contributed by atoms with Crippen LogP contribution in [0.25, 0.3) is 11.4 Å². The molecule has 0 radical (unpaired) electrons. The van der Waals surface area contributed by atoms with Crippen molar-refractivity contribution in [2.75, 3.05) is 16.9 Å². The van der Waals surface area contributed by atoms with Crippen LogP contribution in [0.5, 0.6) is 0 Å². The molecule has 0 fully saturated rings. The summed E-state index contributed by atoms with van der Waals surface area (Å²) in [7, 11) is 0. The number of nitrogens with two attached hydrogens (primary N) is 1. The van der Waals surface area contributed by atoms with Gasteiger partial charge in [0.05, 0.1) is 5.75 Å². The van der Waals surface area contributed by atoms with Crippen LogP contribution in [0.4, 0.5) is 5.69 Å². The van der Waals surface area contributed by atoms with Crippen LogP contribution in [-0.2, 0) is 17.6 Å². The Morgan fingerprint density at radius 1 is 1.15 bits per heavy atom. The number of hydrogen-bond donors (Lipinski definition) is 2. The smallest absolute Gasteiger partial charge is 0.234 e. The third-order valence-corrected chi connectivity index (χ3v) is 5.12. The number of aryl methyl sites for hydroxylation is 2. The van der Waals surface area contributed by atoms with E-state index in [0.29, 0.717) is 11.0 Å². The fourth-order valence-electron chi connectivity index (χ4n) is 2.78. The Morgan fingerprint density at radius 3 is 2.52 bits per heavy atom. The monoisotopic (exact) mass is 382 g/mol. The first-order chi connectivity index (χ1) is 13.1. The molecule has 1 amide bonds. The van der Waals surface area contributed by atoms with Crippen molar-refractivity contribution in [2.45, 2.75) is 31.8 Å². The lowest BCUT2D eigenvalue weighted by molar-refractivity contribution is -0.113. The lowest BCUT2D eigenvalue weighted by Gasteiger charge is -2.14. The van der Waals surface area contributed by atoms with Gasteiger partial charge in [0.2, 0.25) is 11.1 Å². The molecule has 0 saturated carbocycles. The number of para-hydroxylation sites is 1. The van der Waals surface area contributed by atoms with Gasteiger partial charge in [-0.15, -0.1) is 10.2 Å². The molecule has 3 N–H and O–H groups in total. The van der Waals surface area contributed by atoms with Gasteiger partial charge in [0.1, 0.15) is 0 Å². The first-order valence-electron chi connectivity index (χ1n) is 8.78. The van der Waals surface area contributed by atoms with Gasteiger partial charge in [0, 0.05) is 23.6 Å². The summed E-state index contributed by atoms with van der Waals surface area (Å²) in [5.74, 6) is 6.69. The number of hydrogen-bond acceptors (Lipinski definition) is 6. The van der Waals surface area contributed by atoms with Crippen molar-refractivity contribution in [1.29, 1.82) is 0 Å². The van der Waals surface area contributed by atoms with Crippen molar-refractivity contribution in [3.05, 3.63) is 53.9 Å². The van der Waals surface area contributed by atoms with Crippen molar-refractivity contribution in [1.82, 2.24) is 19.9 Å². The molecule has 0 unspecified atom stereocenters. The molecule has 140 valence electrons. The van der Waals surface area contributed by atoms with Gasteiger partial charge in [-0.3, -0.25) is 9.78 Å². The maximum Gasteiger partial charge on any atom is 0.234 e. The molecule has 7 nitrogen and oxygen atoms in total. The van der Waals surface area contributed by atoms with Crippen LogP contribution in [0, 0.1) is 0 Å². The van der Waals surface area contributed by atoms with E-state index < -0.39 is 0 Å². The Kier molecular flexibility index (Phi) is 6.08. The van der Waals surface area contributed by atoms with Crippen molar-refractivity contribution in [2.24, 2.45) is 0 Å². The average Bonchev–Trinajstić information content (AvgIpc) is 3.07. The van der Waals surface area contributed by atoms with Gasteiger partial charge in [-0.25, -0.2) is 4.68 Å². The fraction of sp³-hybridized carbons (Fsp3) is 0.263. The number of anilines is 1. The molecule has 0 aliphatic heterocycles. The van der Waals surface area contributed by atoms with Gasteiger partial charge in [-0.1, -0.05) is 43.8 Å². The van der Waals surface area contributed by atoms with Gasteiger partial charge in [0.25, 0.3) is 0 Å². The number of benzene rings is 1. The highest BCUT2D eigenvalue weighted by Gasteiger charge is 2.15. The highest BCUT2D eigenvalue weighted by molar-refractivity contribution is 7.99. The number of carbonyl (C=O) groups is 1. The predicted molar refractivity (Wildman–Crippen MR) is 108 cm³/mol. The van der Waals surface area contributed by atoms with E-state index in [4.69, 9.17) is 5.84 Å². The summed E-state index contributed by atoms with van der Waals surface area (Å²) in [6.45, 7) is 4.16. The topological polar surface area (TPSA) is 98.7 Å². The maximum atomic E-state index is 12.5. The van der Waals surface area contributed by atoms with E-state index in [1.807, 2.05) is 24.3 Å². The van der Waals surface area contributed by atoms with E-state index in [1.165, 1.54) is 16.4 Å². The average molecular weight is 382 g/mol.